The summed E-state index contributed by atoms with van der Waals surface area (Å²) in [6.07, 6.45) is 1.95. The lowest BCUT2D eigenvalue weighted by Crippen LogP contribution is -2.51. The molecule has 1 aromatic rings. The van der Waals surface area contributed by atoms with E-state index < -0.39 is 36.0 Å². The minimum absolute atomic E-state index is 0.116. The molecule has 1 aliphatic rings. The molecule has 0 saturated carbocycles. The number of aliphatic hydroxyl groups is 1. The smallest absolute Gasteiger partial charge is 0.301 e. The van der Waals surface area contributed by atoms with Crippen molar-refractivity contribution in [2.75, 3.05) is 5.73 Å². The Morgan fingerprint density at radius 2 is 1.75 bits per heavy atom. The quantitative estimate of drug-likeness (QED) is 0.423. The highest BCUT2D eigenvalue weighted by atomic mass is 32.2. The van der Waals surface area contributed by atoms with Crippen LogP contribution in [-0.4, -0.2) is 36.3 Å². The van der Waals surface area contributed by atoms with Crippen LogP contribution in [0.3, 0.4) is 0 Å². The van der Waals surface area contributed by atoms with Crippen LogP contribution in [0.15, 0.2) is 24.3 Å². The largest absolute Gasteiger partial charge is 0.398 e. The van der Waals surface area contributed by atoms with Gasteiger partial charge in [0.25, 0.3) is 10.1 Å². The van der Waals surface area contributed by atoms with Gasteiger partial charge in [-0.25, -0.2) is 0 Å². The molecule has 0 bridgehead atoms. The molecule has 0 amide bonds. The van der Waals surface area contributed by atoms with E-state index >= 15 is 0 Å². The summed E-state index contributed by atoms with van der Waals surface area (Å²) in [6, 6.07) is 4.06. The molecule has 2 atom stereocenters. The number of fused-ring (bicyclic) bond motifs is 1. The molecule has 0 heterocycles. The maximum absolute atomic E-state index is 11.5. The van der Waals surface area contributed by atoms with Gasteiger partial charge in [-0.2, -0.15) is 16.8 Å². The molecule has 0 spiro atoms. The SMILES string of the molecule is Nc1cccc2c1C(O)(S(=O)(=O)O)C(S(=O)(=O)O)C=C2. The molecule has 8 nitrogen and oxygen atoms in total. The van der Waals surface area contributed by atoms with Gasteiger partial charge in [-0.3, -0.25) is 9.11 Å². The van der Waals surface area contributed by atoms with E-state index in [2.05, 4.69) is 0 Å². The van der Waals surface area contributed by atoms with Gasteiger partial charge in [-0.05, 0) is 11.6 Å². The highest BCUT2D eigenvalue weighted by Gasteiger charge is 2.57. The summed E-state index contributed by atoms with van der Waals surface area (Å²) in [7, 11) is -10.3. The van der Waals surface area contributed by atoms with Crippen LogP contribution in [-0.2, 0) is 25.2 Å². The minimum atomic E-state index is -5.31. The van der Waals surface area contributed by atoms with Gasteiger partial charge in [0.2, 0.25) is 4.93 Å². The van der Waals surface area contributed by atoms with Crippen LogP contribution >= 0.6 is 0 Å². The van der Waals surface area contributed by atoms with Crippen LogP contribution in [0.2, 0.25) is 0 Å². The van der Waals surface area contributed by atoms with Crippen LogP contribution in [0.25, 0.3) is 6.08 Å². The normalized spacial score (nSPS) is 26.2. The third kappa shape index (κ3) is 2.01. The fourth-order valence-corrected chi connectivity index (χ4v) is 4.58. The molecule has 1 aromatic carbocycles. The number of rotatable bonds is 2. The number of hydrogen-bond acceptors (Lipinski definition) is 6. The summed E-state index contributed by atoms with van der Waals surface area (Å²) in [6.45, 7) is 0. The first-order chi connectivity index (χ1) is 8.99. The maximum Gasteiger partial charge on any atom is 0.301 e. The summed E-state index contributed by atoms with van der Waals surface area (Å²) in [5.74, 6) is 0. The second-order valence-electron chi connectivity index (χ2n) is 4.28. The molecule has 110 valence electrons. The van der Waals surface area contributed by atoms with E-state index in [0.717, 1.165) is 6.08 Å². The number of hydrogen-bond donors (Lipinski definition) is 4. The van der Waals surface area contributed by atoms with E-state index in [0.29, 0.717) is 0 Å². The Balaban J connectivity index is 2.93. The van der Waals surface area contributed by atoms with E-state index in [4.69, 9.17) is 10.3 Å². The average Bonchev–Trinajstić information content (AvgIpc) is 2.25. The van der Waals surface area contributed by atoms with Crippen molar-refractivity contribution < 1.29 is 31.0 Å². The van der Waals surface area contributed by atoms with Crippen molar-refractivity contribution >= 4 is 32.0 Å². The maximum atomic E-state index is 11.5. The lowest BCUT2D eigenvalue weighted by Gasteiger charge is -2.34. The monoisotopic (exact) mass is 321 g/mol. The molecule has 5 N–H and O–H groups in total. The number of anilines is 1. The Hall–Kier alpha value is -1.46. The third-order valence-electron chi connectivity index (χ3n) is 3.04. The molecule has 10 heteroatoms. The second-order valence-corrected chi connectivity index (χ2v) is 7.39. The summed E-state index contributed by atoms with van der Waals surface area (Å²) < 4.78 is 64.0. The van der Waals surface area contributed by atoms with Crippen molar-refractivity contribution in [3.8, 4) is 0 Å². The molecule has 0 fully saturated rings. The van der Waals surface area contributed by atoms with E-state index in [1.165, 1.54) is 24.3 Å². The highest BCUT2D eigenvalue weighted by molar-refractivity contribution is 7.90. The van der Waals surface area contributed by atoms with Gasteiger partial charge in [-0.15, -0.1) is 0 Å². The zero-order valence-corrected chi connectivity index (χ0v) is 11.5. The number of nitrogens with two attached hydrogens (primary N) is 1. The topological polar surface area (TPSA) is 155 Å². The fraction of sp³-hybridized carbons (Fsp3) is 0.200. The molecule has 2 unspecified atom stereocenters. The van der Waals surface area contributed by atoms with Crippen LogP contribution < -0.4 is 5.73 Å². The van der Waals surface area contributed by atoms with Crippen molar-refractivity contribution in [2.45, 2.75) is 10.2 Å². The first-order valence-corrected chi connectivity index (χ1v) is 8.17. The van der Waals surface area contributed by atoms with Crippen molar-refractivity contribution in [1.29, 1.82) is 0 Å². The summed E-state index contributed by atoms with van der Waals surface area (Å²) >= 11 is 0. The van der Waals surface area contributed by atoms with Gasteiger partial charge in [0.05, 0.1) is 0 Å². The lowest BCUT2D eigenvalue weighted by molar-refractivity contribution is 0.115. The van der Waals surface area contributed by atoms with Crippen LogP contribution in [0.5, 0.6) is 0 Å². The van der Waals surface area contributed by atoms with Crippen molar-refractivity contribution in [3.05, 3.63) is 35.4 Å². The predicted octanol–water partition coefficient (Wildman–Crippen LogP) is -0.415. The van der Waals surface area contributed by atoms with Crippen LogP contribution in [0.1, 0.15) is 11.1 Å². The van der Waals surface area contributed by atoms with E-state index in [1.807, 2.05) is 0 Å². The Morgan fingerprint density at radius 3 is 2.25 bits per heavy atom. The molecule has 0 saturated heterocycles. The molecule has 0 aromatic heterocycles. The van der Waals surface area contributed by atoms with Crippen molar-refractivity contribution in [2.24, 2.45) is 0 Å². The zero-order valence-electron chi connectivity index (χ0n) is 9.83. The van der Waals surface area contributed by atoms with E-state index in [9.17, 15) is 26.5 Å². The van der Waals surface area contributed by atoms with Gasteiger partial charge in [0.15, 0.2) is 5.25 Å². The summed E-state index contributed by atoms with van der Waals surface area (Å²) in [5.41, 5.74) is 4.96. The second kappa shape index (κ2) is 4.27. The Labute approximate surface area is 115 Å². The fourth-order valence-electron chi connectivity index (χ4n) is 2.18. The van der Waals surface area contributed by atoms with Gasteiger partial charge in [0, 0.05) is 11.3 Å². The van der Waals surface area contributed by atoms with E-state index in [-0.39, 0.29) is 11.3 Å². The highest BCUT2D eigenvalue weighted by Crippen LogP contribution is 2.43. The van der Waals surface area contributed by atoms with Gasteiger partial charge >= 0.3 is 10.1 Å². The number of nitrogen functional groups attached to an aromatic ring is 1. The molecule has 0 aliphatic heterocycles. The zero-order chi connectivity index (χ0) is 15.3. The predicted molar refractivity (Wildman–Crippen MR) is 70.7 cm³/mol. The van der Waals surface area contributed by atoms with Crippen molar-refractivity contribution in [3.63, 3.8) is 0 Å². The standard InChI is InChI=1S/C10H11NO7S2/c11-7-3-1-2-6-4-5-8(19(13,14)15)10(12,9(6)7)20(16,17)18/h1-5,8,12H,11H2,(H,13,14,15)(H,16,17,18). The molecule has 1 aliphatic carbocycles. The van der Waals surface area contributed by atoms with Gasteiger partial charge in [0.1, 0.15) is 0 Å². The molecular formula is C10H11NO7S2. The average molecular weight is 321 g/mol. The lowest BCUT2D eigenvalue weighted by atomic mass is 9.92. The minimum Gasteiger partial charge on any atom is -0.398 e. The van der Waals surface area contributed by atoms with Crippen LogP contribution in [0, 0.1) is 0 Å². The first kappa shape index (κ1) is 14.9. The summed E-state index contributed by atoms with van der Waals surface area (Å²) in [4.78, 5) is -3.28. The molecular weight excluding hydrogens is 310 g/mol. The van der Waals surface area contributed by atoms with Crippen molar-refractivity contribution in [1.82, 2.24) is 0 Å². The third-order valence-corrected chi connectivity index (χ3v) is 5.57. The number of benzene rings is 1. The molecule has 0 radical (unpaired) electrons. The van der Waals surface area contributed by atoms with Gasteiger partial charge < -0.3 is 10.8 Å². The Kier molecular flexibility index (Phi) is 3.19. The Bertz CT molecular complexity index is 797. The van der Waals surface area contributed by atoms with Crippen LogP contribution in [0.4, 0.5) is 5.69 Å². The van der Waals surface area contributed by atoms with E-state index in [1.54, 1.807) is 0 Å². The molecule has 20 heavy (non-hydrogen) atoms. The first-order valence-electron chi connectivity index (χ1n) is 5.22. The van der Waals surface area contributed by atoms with Gasteiger partial charge in [-0.1, -0.05) is 24.3 Å². The molecule has 2 rings (SSSR count). The Morgan fingerprint density at radius 1 is 1.15 bits per heavy atom. The summed E-state index contributed by atoms with van der Waals surface area (Å²) in [5, 5.41) is 8.04.